The lowest BCUT2D eigenvalue weighted by atomic mass is 9.99. The summed E-state index contributed by atoms with van der Waals surface area (Å²) < 4.78 is 0.319. The van der Waals surface area contributed by atoms with Crippen LogP contribution in [-0.2, 0) is 16.0 Å². The van der Waals surface area contributed by atoms with Crippen LogP contribution in [0.25, 0.3) is 16.5 Å². The summed E-state index contributed by atoms with van der Waals surface area (Å²) in [4.78, 5) is 27.3. The number of rotatable bonds is 5. The van der Waals surface area contributed by atoms with Gasteiger partial charge in [-0.15, -0.1) is 0 Å². The summed E-state index contributed by atoms with van der Waals surface area (Å²) in [6.07, 6.45) is 4.20. The van der Waals surface area contributed by atoms with Crippen LogP contribution in [0.1, 0.15) is 37.4 Å². The lowest BCUT2D eigenvalue weighted by molar-refractivity contribution is -0.123. The Morgan fingerprint density at radius 1 is 1.09 bits per heavy atom. The number of benzene rings is 1. The van der Waals surface area contributed by atoms with Crippen LogP contribution in [0.3, 0.4) is 0 Å². The number of hydrogen-bond acceptors (Lipinski definition) is 2. The van der Waals surface area contributed by atoms with Crippen molar-refractivity contribution in [3.63, 3.8) is 0 Å². The third-order valence-electron chi connectivity index (χ3n) is 3.94. The molecule has 2 aromatic rings. The van der Waals surface area contributed by atoms with E-state index in [1.165, 1.54) is 0 Å². The molecule has 1 aromatic carbocycles. The van der Waals surface area contributed by atoms with E-state index in [2.05, 4.69) is 33.2 Å². The van der Waals surface area contributed by atoms with Crippen LogP contribution in [0.15, 0.2) is 28.7 Å². The van der Waals surface area contributed by atoms with Gasteiger partial charge in [0, 0.05) is 22.2 Å². The number of H-pyrrole nitrogens is 1. The highest BCUT2D eigenvalue weighted by molar-refractivity contribution is 9.12. The van der Waals surface area contributed by atoms with E-state index in [4.69, 9.17) is 0 Å². The Morgan fingerprint density at radius 3 is 2.55 bits per heavy atom. The van der Waals surface area contributed by atoms with Gasteiger partial charge in [-0.2, -0.15) is 0 Å². The topological polar surface area (TPSA) is 62.0 Å². The fourth-order valence-corrected chi connectivity index (χ4v) is 3.36. The molecule has 2 amide bonds. The Morgan fingerprint density at radius 2 is 1.86 bits per heavy atom. The van der Waals surface area contributed by atoms with Gasteiger partial charge in [-0.3, -0.25) is 14.9 Å². The maximum absolute atomic E-state index is 12.2. The van der Waals surface area contributed by atoms with Gasteiger partial charge in [-0.1, -0.05) is 38.0 Å². The normalized spacial score (nSPS) is 15.0. The number of aromatic nitrogens is 1. The van der Waals surface area contributed by atoms with E-state index in [-0.39, 0.29) is 11.8 Å². The van der Waals surface area contributed by atoms with Gasteiger partial charge >= 0.3 is 0 Å². The highest BCUT2D eigenvalue weighted by Crippen LogP contribution is 2.35. The first kappa shape index (κ1) is 15.0. The third-order valence-corrected chi connectivity index (χ3v) is 4.69. The standard InChI is InChI=1S/C17H17BrN2O2/c1-2-3-4-9-12-13(10-7-5-6-8-11(10)19-12)14-15(18)17(22)20-16(14)21/h5-8,19H,2-4,9H2,1H3,(H,20,21,22). The number of halogens is 1. The summed E-state index contributed by atoms with van der Waals surface area (Å²) in [7, 11) is 0. The molecule has 0 saturated carbocycles. The number of unbranched alkanes of at least 4 members (excludes halogenated alkanes) is 2. The molecular formula is C17H17BrN2O2. The Bertz CT molecular complexity index is 789. The quantitative estimate of drug-likeness (QED) is 0.631. The number of carbonyl (C=O) groups is 2. The maximum Gasteiger partial charge on any atom is 0.265 e. The zero-order chi connectivity index (χ0) is 15.7. The molecule has 0 radical (unpaired) electrons. The molecule has 2 heterocycles. The van der Waals surface area contributed by atoms with Gasteiger partial charge < -0.3 is 4.98 Å². The molecule has 5 heteroatoms. The second-order valence-electron chi connectivity index (χ2n) is 5.45. The van der Waals surface area contributed by atoms with E-state index in [9.17, 15) is 9.59 Å². The molecule has 1 aliphatic heterocycles. The van der Waals surface area contributed by atoms with Gasteiger partial charge in [0.15, 0.2) is 0 Å². The number of nitrogens with one attached hydrogen (secondary N) is 2. The lowest BCUT2D eigenvalue weighted by Crippen LogP contribution is -2.22. The van der Waals surface area contributed by atoms with Crippen LogP contribution in [-0.4, -0.2) is 16.8 Å². The van der Waals surface area contributed by atoms with Crippen molar-refractivity contribution in [1.29, 1.82) is 0 Å². The van der Waals surface area contributed by atoms with Crippen molar-refractivity contribution in [2.24, 2.45) is 0 Å². The van der Waals surface area contributed by atoms with Crippen LogP contribution in [0.5, 0.6) is 0 Å². The van der Waals surface area contributed by atoms with Gasteiger partial charge in [-0.05, 0) is 34.8 Å². The number of carbonyl (C=O) groups excluding carboxylic acids is 2. The van der Waals surface area contributed by atoms with Crippen LogP contribution in [0.4, 0.5) is 0 Å². The molecule has 2 N–H and O–H groups in total. The fourth-order valence-electron chi connectivity index (χ4n) is 2.88. The molecule has 3 rings (SSSR count). The average molecular weight is 361 g/mol. The number of hydrogen-bond donors (Lipinski definition) is 2. The average Bonchev–Trinajstić information content (AvgIpc) is 2.97. The van der Waals surface area contributed by atoms with Crippen LogP contribution >= 0.6 is 15.9 Å². The highest BCUT2D eigenvalue weighted by atomic mass is 79.9. The first-order valence-corrected chi connectivity index (χ1v) is 8.28. The molecule has 0 bridgehead atoms. The minimum absolute atomic E-state index is 0.319. The first-order chi connectivity index (χ1) is 10.6. The lowest BCUT2D eigenvalue weighted by Gasteiger charge is -2.05. The number of aryl methyl sites for hydroxylation is 1. The maximum atomic E-state index is 12.2. The summed E-state index contributed by atoms with van der Waals surface area (Å²) in [5, 5.41) is 3.33. The van der Waals surface area contributed by atoms with Crippen molar-refractivity contribution >= 4 is 44.2 Å². The largest absolute Gasteiger partial charge is 0.358 e. The SMILES string of the molecule is CCCCCc1[nH]c2ccccc2c1C1=C(Br)C(=O)NC1=O. The molecule has 0 saturated heterocycles. The summed E-state index contributed by atoms with van der Waals surface area (Å²) in [6, 6.07) is 7.87. The van der Waals surface area contributed by atoms with E-state index >= 15 is 0 Å². The number of fused-ring (bicyclic) bond motifs is 1. The second kappa shape index (κ2) is 6.08. The Hall–Kier alpha value is -1.88. The molecule has 4 nitrogen and oxygen atoms in total. The third kappa shape index (κ3) is 2.50. The van der Waals surface area contributed by atoms with Gasteiger partial charge in [0.25, 0.3) is 11.8 Å². The summed E-state index contributed by atoms with van der Waals surface area (Å²) in [6.45, 7) is 2.16. The minimum Gasteiger partial charge on any atom is -0.358 e. The molecule has 114 valence electrons. The van der Waals surface area contributed by atoms with E-state index < -0.39 is 0 Å². The predicted molar refractivity (Wildman–Crippen MR) is 90.5 cm³/mol. The van der Waals surface area contributed by atoms with Crippen molar-refractivity contribution in [2.75, 3.05) is 0 Å². The number of amides is 2. The fraction of sp³-hybridized carbons (Fsp3) is 0.294. The molecule has 0 atom stereocenters. The zero-order valence-electron chi connectivity index (χ0n) is 12.3. The molecule has 0 fully saturated rings. The Kier molecular flexibility index (Phi) is 4.16. The number of aromatic amines is 1. The zero-order valence-corrected chi connectivity index (χ0v) is 13.9. The van der Waals surface area contributed by atoms with Gasteiger partial charge in [0.2, 0.25) is 0 Å². The predicted octanol–water partition coefficient (Wildman–Crippen LogP) is 3.66. The van der Waals surface area contributed by atoms with Crippen molar-refractivity contribution in [3.8, 4) is 0 Å². The minimum atomic E-state index is -0.371. The number of para-hydroxylation sites is 1. The van der Waals surface area contributed by atoms with Crippen LogP contribution in [0.2, 0.25) is 0 Å². The summed E-state index contributed by atoms with van der Waals surface area (Å²) >= 11 is 3.27. The molecule has 22 heavy (non-hydrogen) atoms. The smallest absolute Gasteiger partial charge is 0.265 e. The van der Waals surface area contributed by atoms with Crippen molar-refractivity contribution < 1.29 is 9.59 Å². The monoisotopic (exact) mass is 360 g/mol. The van der Waals surface area contributed by atoms with E-state index in [0.29, 0.717) is 10.1 Å². The van der Waals surface area contributed by atoms with Crippen LogP contribution < -0.4 is 5.32 Å². The Labute approximate surface area is 137 Å². The second-order valence-corrected chi connectivity index (χ2v) is 6.25. The molecule has 0 aliphatic carbocycles. The molecule has 1 aromatic heterocycles. The van der Waals surface area contributed by atoms with E-state index in [1.54, 1.807) is 0 Å². The van der Waals surface area contributed by atoms with Gasteiger partial charge in [0.1, 0.15) is 0 Å². The van der Waals surface area contributed by atoms with E-state index in [0.717, 1.165) is 47.8 Å². The summed E-state index contributed by atoms with van der Waals surface area (Å²) in [5.74, 6) is -0.705. The molecule has 0 spiro atoms. The van der Waals surface area contributed by atoms with Crippen LogP contribution in [0, 0.1) is 0 Å². The van der Waals surface area contributed by atoms with Gasteiger partial charge in [-0.25, -0.2) is 0 Å². The molecule has 0 unspecified atom stereocenters. The Balaban J connectivity index is 2.16. The first-order valence-electron chi connectivity index (χ1n) is 7.49. The molecule has 1 aliphatic rings. The van der Waals surface area contributed by atoms with E-state index in [1.807, 2.05) is 24.3 Å². The molecular weight excluding hydrogens is 344 g/mol. The highest BCUT2D eigenvalue weighted by Gasteiger charge is 2.32. The van der Waals surface area contributed by atoms with Crippen molar-refractivity contribution in [2.45, 2.75) is 32.6 Å². The van der Waals surface area contributed by atoms with Crippen molar-refractivity contribution in [3.05, 3.63) is 40.0 Å². The summed E-state index contributed by atoms with van der Waals surface area (Å²) in [5.41, 5.74) is 3.30. The van der Waals surface area contributed by atoms with Gasteiger partial charge in [0.05, 0.1) is 10.1 Å². The van der Waals surface area contributed by atoms with Crippen molar-refractivity contribution in [1.82, 2.24) is 10.3 Å². The number of imide groups is 1.